The number of benzene rings is 1. The Hall–Kier alpha value is -2.23. The van der Waals surface area contributed by atoms with E-state index in [0.717, 1.165) is 0 Å². The average molecular weight is 413 g/mol. The summed E-state index contributed by atoms with van der Waals surface area (Å²) in [6, 6.07) is 7.35. The standard InChI is InChI=1S/C16H13ClN2O5S2/c1-2-23-16(20)12-7-14(24-19-12)13-8-25-15(18-13)9-26(21,22)11-5-3-10(17)4-6-11/h3-8H,2,9H2,1H3. The topological polar surface area (TPSA) is 99.4 Å². The van der Waals surface area contributed by atoms with Crippen molar-refractivity contribution in [3.05, 3.63) is 51.4 Å². The Bertz CT molecular complexity index is 1030. The fraction of sp³-hybridized carbons (Fsp3) is 0.188. The van der Waals surface area contributed by atoms with Crippen LogP contribution in [0.25, 0.3) is 11.5 Å². The monoisotopic (exact) mass is 412 g/mol. The Morgan fingerprint density at radius 3 is 2.73 bits per heavy atom. The van der Waals surface area contributed by atoms with Gasteiger partial charge in [-0.05, 0) is 31.2 Å². The minimum absolute atomic E-state index is 0.0326. The smallest absolute Gasteiger partial charge is 0.360 e. The first-order chi connectivity index (χ1) is 12.4. The van der Waals surface area contributed by atoms with Gasteiger partial charge in [-0.15, -0.1) is 11.3 Å². The number of hydrogen-bond acceptors (Lipinski definition) is 8. The molecule has 7 nitrogen and oxygen atoms in total. The zero-order valence-corrected chi connectivity index (χ0v) is 15.9. The summed E-state index contributed by atoms with van der Waals surface area (Å²) in [7, 11) is -3.55. The quantitative estimate of drug-likeness (QED) is 0.570. The van der Waals surface area contributed by atoms with Crippen molar-refractivity contribution in [1.29, 1.82) is 0 Å². The molecule has 2 heterocycles. The molecule has 0 radical (unpaired) electrons. The van der Waals surface area contributed by atoms with Crippen LogP contribution in [0.5, 0.6) is 0 Å². The Morgan fingerprint density at radius 2 is 2.04 bits per heavy atom. The van der Waals surface area contributed by atoms with E-state index in [1.54, 1.807) is 12.3 Å². The molecule has 0 atom stereocenters. The van der Waals surface area contributed by atoms with Crippen LogP contribution in [0.3, 0.4) is 0 Å². The zero-order valence-electron chi connectivity index (χ0n) is 13.5. The number of aromatic nitrogens is 2. The predicted molar refractivity (Wildman–Crippen MR) is 95.9 cm³/mol. The summed E-state index contributed by atoms with van der Waals surface area (Å²) in [5.74, 6) is -0.583. The highest BCUT2D eigenvalue weighted by atomic mass is 35.5. The first kappa shape index (κ1) is 18.6. The summed E-state index contributed by atoms with van der Waals surface area (Å²) in [5, 5.41) is 6.13. The molecule has 0 unspecified atom stereocenters. The third kappa shape index (κ3) is 4.12. The lowest BCUT2D eigenvalue weighted by Crippen LogP contribution is -2.04. The van der Waals surface area contributed by atoms with Gasteiger partial charge in [0.25, 0.3) is 0 Å². The average Bonchev–Trinajstić information content (AvgIpc) is 3.24. The van der Waals surface area contributed by atoms with Gasteiger partial charge >= 0.3 is 5.97 Å². The predicted octanol–water partition coefficient (Wildman–Crippen LogP) is 3.60. The van der Waals surface area contributed by atoms with Crippen LogP contribution < -0.4 is 0 Å². The summed E-state index contributed by atoms with van der Waals surface area (Å²) in [4.78, 5) is 16.0. The van der Waals surface area contributed by atoms with Crippen LogP contribution in [0.1, 0.15) is 22.4 Å². The molecule has 0 spiro atoms. The van der Waals surface area contributed by atoms with E-state index < -0.39 is 15.8 Å². The van der Waals surface area contributed by atoms with Gasteiger partial charge in [0.1, 0.15) is 16.5 Å². The number of ether oxygens (including phenoxy) is 1. The van der Waals surface area contributed by atoms with Gasteiger partial charge in [0.05, 0.1) is 11.5 Å². The highest BCUT2D eigenvalue weighted by Gasteiger charge is 2.20. The molecule has 0 amide bonds. The Morgan fingerprint density at radius 1 is 1.31 bits per heavy atom. The van der Waals surface area contributed by atoms with Crippen molar-refractivity contribution in [3.8, 4) is 11.5 Å². The first-order valence-electron chi connectivity index (χ1n) is 7.46. The number of thiazole rings is 1. The van der Waals surface area contributed by atoms with Crippen LogP contribution in [-0.2, 0) is 20.3 Å². The van der Waals surface area contributed by atoms with Crippen molar-refractivity contribution in [3.63, 3.8) is 0 Å². The van der Waals surface area contributed by atoms with Crippen molar-refractivity contribution < 1.29 is 22.5 Å². The maximum Gasteiger partial charge on any atom is 0.360 e. The van der Waals surface area contributed by atoms with Gasteiger partial charge < -0.3 is 9.26 Å². The molecule has 10 heteroatoms. The van der Waals surface area contributed by atoms with Gasteiger partial charge in [0, 0.05) is 16.5 Å². The molecule has 0 aliphatic rings. The maximum absolute atomic E-state index is 12.5. The minimum Gasteiger partial charge on any atom is -0.461 e. The van der Waals surface area contributed by atoms with E-state index in [9.17, 15) is 13.2 Å². The number of halogens is 1. The number of esters is 1. The van der Waals surface area contributed by atoms with Crippen molar-refractivity contribution >= 4 is 38.7 Å². The largest absolute Gasteiger partial charge is 0.461 e. The molecule has 2 aromatic heterocycles. The van der Waals surface area contributed by atoms with Crippen molar-refractivity contribution in [2.24, 2.45) is 0 Å². The summed E-state index contributed by atoms with van der Waals surface area (Å²) < 4.78 is 34.8. The highest BCUT2D eigenvalue weighted by molar-refractivity contribution is 7.90. The molecule has 1 aromatic carbocycles. The van der Waals surface area contributed by atoms with E-state index in [1.807, 2.05) is 0 Å². The van der Waals surface area contributed by atoms with Crippen molar-refractivity contribution in [1.82, 2.24) is 10.1 Å². The first-order valence-corrected chi connectivity index (χ1v) is 10.4. The summed E-state index contributed by atoms with van der Waals surface area (Å²) in [6.07, 6.45) is 0. The van der Waals surface area contributed by atoms with E-state index in [0.29, 0.717) is 15.7 Å². The molecule has 0 saturated heterocycles. The van der Waals surface area contributed by atoms with Crippen LogP contribution in [0.4, 0.5) is 0 Å². The third-order valence-electron chi connectivity index (χ3n) is 3.29. The van der Waals surface area contributed by atoms with Crippen molar-refractivity contribution in [2.75, 3.05) is 6.61 Å². The Labute approximate surface area is 158 Å². The third-order valence-corrected chi connectivity index (χ3v) is 6.21. The fourth-order valence-electron chi connectivity index (χ4n) is 2.08. The lowest BCUT2D eigenvalue weighted by Gasteiger charge is -2.02. The molecule has 26 heavy (non-hydrogen) atoms. The lowest BCUT2D eigenvalue weighted by molar-refractivity contribution is 0.0514. The van der Waals surface area contributed by atoms with E-state index in [1.165, 1.54) is 41.7 Å². The van der Waals surface area contributed by atoms with Gasteiger partial charge in [-0.2, -0.15) is 0 Å². The summed E-state index contributed by atoms with van der Waals surface area (Å²) in [6.45, 7) is 1.91. The van der Waals surface area contributed by atoms with Crippen LogP contribution in [0.2, 0.25) is 5.02 Å². The van der Waals surface area contributed by atoms with Crippen LogP contribution in [0.15, 0.2) is 45.1 Å². The van der Waals surface area contributed by atoms with Crippen molar-refractivity contribution in [2.45, 2.75) is 17.6 Å². The van der Waals surface area contributed by atoms with Gasteiger partial charge in [-0.1, -0.05) is 16.8 Å². The Kier molecular flexibility index (Phi) is 5.40. The van der Waals surface area contributed by atoms with Gasteiger partial charge in [0.15, 0.2) is 21.3 Å². The second kappa shape index (κ2) is 7.56. The molecule has 0 N–H and O–H groups in total. The van der Waals surface area contributed by atoms with E-state index in [2.05, 4.69) is 10.1 Å². The second-order valence-electron chi connectivity index (χ2n) is 5.14. The number of rotatable bonds is 6. The number of hydrogen-bond donors (Lipinski definition) is 0. The van der Waals surface area contributed by atoms with Crippen LogP contribution >= 0.6 is 22.9 Å². The molecule has 0 aliphatic carbocycles. The van der Waals surface area contributed by atoms with E-state index in [4.69, 9.17) is 20.9 Å². The zero-order chi connectivity index (χ0) is 18.7. The number of nitrogens with zero attached hydrogens (tertiary/aromatic N) is 2. The highest BCUT2D eigenvalue weighted by Crippen LogP contribution is 2.26. The minimum atomic E-state index is -3.55. The maximum atomic E-state index is 12.5. The van der Waals surface area contributed by atoms with E-state index in [-0.39, 0.29) is 28.7 Å². The molecular formula is C16H13ClN2O5S2. The van der Waals surface area contributed by atoms with Crippen LogP contribution in [0, 0.1) is 0 Å². The Balaban J connectivity index is 1.78. The normalized spacial score (nSPS) is 11.5. The number of sulfone groups is 1. The summed E-state index contributed by atoms with van der Waals surface area (Å²) in [5.41, 5.74) is 0.435. The van der Waals surface area contributed by atoms with Gasteiger partial charge in [-0.25, -0.2) is 18.2 Å². The number of carbonyl (C=O) groups excluding carboxylic acids is 1. The van der Waals surface area contributed by atoms with E-state index >= 15 is 0 Å². The fourth-order valence-corrected chi connectivity index (χ4v) is 4.61. The lowest BCUT2D eigenvalue weighted by atomic mass is 10.3. The molecule has 3 rings (SSSR count). The summed E-state index contributed by atoms with van der Waals surface area (Å²) >= 11 is 6.96. The number of carbonyl (C=O) groups is 1. The molecule has 0 bridgehead atoms. The molecule has 136 valence electrons. The molecule has 0 aliphatic heterocycles. The van der Waals surface area contributed by atoms with Gasteiger partial charge in [0.2, 0.25) is 0 Å². The van der Waals surface area contributed by atoms with Crippen LogP contribution in [-0.4, -0.2) is 31.1 Å². The molecule has 0 saturated carbocycles. The molecular weight excluding hydrogens is 400 g/mol. The molecule has 0 fully saturated rings. The second-order valence-corrected chi connectivity index (χ2v) is 8.51. The van der Waals surface area contributed by atoms with Gasteiger partial charge in [-0.3, -0.25) is 0 Å². The molecule has 3 aromatic rings. The SMILES string of the molecule is CCOC(=O)c1cc(-c2csc(CS(=O)(=O)c3ccc(Cl)cc3)n2)on1.